The average Bonchev–Trinajstić information content (AvgIpc) is 3.36. The van der Waals surface area contributed by atoms with E-state index in [2.05, 4.69) is 25.5 Å². The summed E-state index contributed by atoms with van der Waals surface area (Å²) < 4.78 is 43.8. The first-order valence-electron chi connectivity index (χ1n) is 9.07. The first-order valence-corrected chi connectivity index (χ1v) is 9.89. The number of fused-ring (bicyclic) bond motifs is 1. The molecule has 4 rings (SSSR count). The molecule has 0 spiro atoms. The first-order chi connectivity index (χ1) is 14.8. The van der Waals surface area contributed by atoms with Crippen LogP contribution in [0.1, 0.15) is 26.8 Å². The second kappa shape index (κ2) is 7.99. The summed E-state index contributed by atoms with van der Waals surface area (Å²) in [7, 11) is 1.58. The van der Waals surface area contributed by atoms with Crippen molar-refractivity contribution in [2.75, 3.05) is 7.11 Å². The summed E-state index contributed by atoms with van der Waals surface area (Å²) in [6, 6.07) is 9.45. The monoisotopic (exact) mass is 447 g/mol. The van der Waals surface area contributed by atoms with Gasteiger partial charge in [-0.25, -0.2) is 9.97 Å². The van der Waals surface area contributed by atoms with E-state index in [1.54, 1.807) is 26.2 Å². The van der Waals surface area contributed by atoms with Crippen LogP contribution in [0.3, 0.4) is 0 Å². The Labute approximate surface area is 178 Å². The summed E-state index contributed by atoms with van der Waals surface area (Å²) in [5.41, 5.74) is 0.373. The number of alkyl halides is 3. The molecule has 160 valence electrons. The van der Waals surface area contributed by atoms with Gasteiger partial charge in [-0.3, -0.25) is 9.89 Å². The highest BCUT2D eigenvalue weighted by Gasteiger charge is 2.33. The maximum atomic E-state index is 12.9. The minimum absolute atomic E-state index is 0.0803. The van der Waals surface area contributed by atoms with Gasteiger partial charge in [0.15, 0.2) is 5.82 Å². The van der Waals surface area contributed by atoms with Crippen molar-refractivity contribution in [3.05, 3.63) is 58.4 Å². The Bertz CT molecular complexity index is 1250. The number of benzene rings is 1. The summed E-state index contributed by atoms with van der Waals surface area (Å²) in [5, 5.41) is 10.1. The largest absolute Gasteiger partial charge is 0.497 e. The number of amides is 1. The van der Waals surface area contributed by atoms with Crippen LogP contribution in [0.5, 0.6) is 5.75 Å². The third kappa shape index (κ3) is 4.22. The van der Waals surface area contributed by atoms with Gasteiger partial charge in [0.25, 0.3) is 5.91 Å². The van der Waals surface area contributed by atoms with Crippen LogP contribution in [0, 0.1) is 6.92 Å². The zero-order chi connectivity index (χ0) is 22.2. The van der Waals surface area contributed by atoms with Gasteiger partial charge >= 0.3 is 6.18 Å². The third-order valence-corrected chi connectivity index (χ3v) is 5.80. The van der Waals surface area contributed by atoms with Crippen LogP contribution in [0.15, 0.2) is 36.4 Å². The highest BCUT2D eigenvalue weighted by molar-refractivity contribution is 7.20. The van der Waals surface area contributed by atoms with Gasteiger partial charge in [-0.15, -0.1) is 11.3 Å². The molecule has 1 amide bonds. The molecule has 0 unspecified atom stereocenters. The molecule has 0 atom stereocenters. The van der Waals surface area contributed by atoms with E-state index in [9.17, 15) is 18.0 Å². The molecule has 1 aromatic carbocycles. The van der Waals surface area contributed by atoms with E-state index < -0.39 is 17.8 Å². The number of aromatic nitrogens is 4. The molecule has 11 heteroatoms. The lowest BCUT2D eigenvalue weighted by Crippen LogP contribution is -2.23. The maximum absolute atomic E-state index is 12.9. The molecule has 4 aromatic rings. The Balaban J connectivity index is 1.48. The number of carbonyl (C=O) groups excluding carboxylic acids is 1. The number of thiophene rings is 1. The van der Waals surface area contributed by atoms with Crippen molar-refractivity contribution < 1.29 is 22.7 Å². The molecule has 0 aliphatic heterocycles. The quantitative estimate of drug-likeness (QED) is 0.475. The molecule has 3 aromatic heterocycles. The number of halogens is 3. The fourth-order valence-corrected chi connectivity index (χ4v) is 4.06. The Kier molecular flexibility index (Phi) is 5.36. The van der Waals surface area contributed by atoms with Crippen molar-refractivity contribution in [3.8, 4) is 17.1 Å². The summed E-state index contributed by atoms with van der Waals surface area (Å²) in [4.78, 5) is 21.1. The standard InChI is InChI=1S/C20H16F3N5O2S/c1-10-13-7-8-14(20(21,22)23)25-19(13)31-16(10)18(29)24-9-15-26-17(28-27-15)11-3-5-12(30-2)6-4-11/h3-8H,9H2,1-2H3,(H,24,29)(H,26,27,28). The molecule has 0 saturated heterocycles. The van der Waals surface area contributed by atoms with E-state index in [4.69, 9.17) is 4.74 Å². The van der Waals surface area contributed by atoms with Gasteiger partial charge < -0.3 is 10.1 Å². The Hall–Kier alpha value is -3.47. The fraction of sp³-hybridized carbons (Fsp3) is 0.200. The Morgan fingerprint density at radius 2 is 1.90 bits per heavy atom. The minimum atomic E-state index is -4.54. The summed E-state index contributed by atoms with van der Waals surface area (Å²) in [6.45, 7) is 1.76. The van der Waals surface area contributed by atoms with Crippen LogP contribution in [0.2, 0.25) is 0 Å². The number of hydrogen-bond acceptors (Lipinski definition) is 6. The van der Waals surface area contributed by atoms with Crippen LogP contribution in [0.25, 0.3) is 21.6 Å². The van der Waals surface area contributed by atoms with Gasteiger partial charge in [-0.2, -0.15) is 18.3 Å². The highest BCUT2D eigenvalue weighted by atomic mass is 32.1. The van der Waals surface area contributed by atoms with E-state index in [-0.39, 0.29) is 11.4 Å². The fourth-order valence-electron chi connectivity index (χ4n) is 2.96. The lowest BCUT2D eigenvalue weighted by atomic mass is 10.2. The molecule has 0 fully saturated rings. The minimum Gasteiger partial charge on any atom is -0.497 e. The van der Waals surface area contributed by atoms with Crippen molar-refractivity contribution in [2.45, 2.75) is 19.6 Å². The van der Waals surface area contributed by atoms with Gasteiger partial charge in [0, 0.05) is 10.9 Å². The maximum Gasteiger partial charge on any atom is 0.433 e. The topological polar surface area (TPSA) is 92.8 Å². The molecule has 3 heterocycles. The van der Waals surface area contributed by atoms with Crippen molar-refractivity contribution >= 4 is 27.5 Å². The van der Waals surface area contributed by atoms with E-state index >= 15 is 0 Å². The molecular formula is C20H16F3N5O2S. The number of aryl methyl sites for hydroxylation is 1. The normalized spacial score (nSPS) is 11.6. The molecule has 0 aliphatic carbocycles. The Morgan fingerprint density at radius 1 is 1.16 bits per heavy atom. The number of aromatic amines is 1. The van der Waals surface area contributed by atoms with Crippen LogP contribution in [-0.4, -0.2) is 33.2 Å². The van der Waals surface area contributed by atoms with Crippen molar-refractivity contribution in [2.24, 2.45) is 0 Å². The average molecular weight is 447 g/mol. The molecule has 7 nitrogen and oxygen atoms in total. The summed E-state index contributed by atoms with van der Waals surface area (Å²) in [5.74, 6) is 1.20. The molecule has 0 aliphatic rings. The smallest absolute Gasteiger partial charge is 0.433 e. The lowest BCUT2D eigenvalue weighted by Gasteiger charge is -2.04. The summed E-state index contributed by atoms with van der Waals surface area (Å²) >= 11 is 0.922. The molecule has 0 saturated carbocycles. The second-order valence-electron chi connectivity index (χ2n) is 6.62. The highest BCUT2D eigenvalue weighted by Crippen LogP contribution is 2.34. The van der Waals surface area contributed by atoms with Crippen molar-refractivity contribution in [3.63, 3.8) is 0 Å². The van der Waals surface area contributed by atoms with Crippen LogP contribution < -0.4 is 10.1 Å². The predicted octanol–water partition coefficient (Wildman–Crippen LogP) is 4.35. The van der Waals surface area contributed by atoms with Gasteiger partial charge in [-0.1, -0.05) is 0 Å². The zero-order valence-electron chi connectivity index (χ0n) is 16.4. The zero-order valence-corrected chi connectivity index (χ0v) is 17.2. The van der Waals surface area contributed by atoms with Crippen LogP contribution >= 0.6 is 11.3 Å². The van der Waals surface area contributed by atoms with Crippen molar-refractivity contribution in [1.29, 1.82) is 0 Å². The number of H-pyrrole nitrogens is 1. The van der Waals surface area contributed by atoms with Gasteiger partial charge in [0.1, 0.15) is 22.1 Å². The molecule has 31 heavy (non-hydrogen) atoms. The Morgan fingerprint density at radius 3 is 2.58 bits per heavy atom. The number of hydrogen-bond donors (Lipinski definition) is 2. The van der Waals surface area contributed by atoms with E-state index in [1.807, 2.05) is 12.1 Å². The van der Waals surface area contributed by atoms with Gasteiger partial charge in [-0.05, 0) is 48.9 Å². The molecule has 0 radical (unpaired) electrons. The number of pyridine rings is 1. The number of nitrogens with zero attached hydrogens (tertiary/aromatic N) is 3. The number of ether oxygens (including phenoxy) is 1. The SMILES string of the molecule is COc1ccc(-c2n[nH]c(CNC(=O)c3sc4nc(C(F)(F)F)ccc4c3C)n2)cc1. The number of methoxy groups -OCH3 is 1. The summed E-state index contributed by atoms with van der Waals surface area (Å²) in [6.07, 6.45) is -4.54. The molecular weight excluding hydrogens is 431 g/mol. The van der Waals surface area contributed by atoms with Crippen molar-refractivity contribution in [1.82, 2.24) is 25.5 Å². The second-order valence-corrected chi connectivity index (χ2v) is 7.62. The number of rotatable bonds is 5. The van der Waals surface area contributed by atoms with Crippen LogP contribution in [-0.2, 0) is 12.7 Å². The molecule has 2 N–H and O–H groups in total. The first kappa shape index (κ1) is 20.8. The molecule has 0 bridgehead atoms. The van der Waals surface area contributed by atoms with E-state index in [1.165, 1.54) is 6.07 Å². The van der Waals surface area contributed by atoms with Gasteiger partial charge in [0.05, 0.1) is 18.5 Å². The predicted molar refractivity (Wildman–Crippen MR) is 109 cm³/mol. The van der Waals surface area contributed by atoms with Gasteiger partial charge in [0.2, 0.25) is 0 Å². The lowest BCUT2D eigenvalue weighted by molar-refractivity contribution is -0.140. The van der Waals surface area contributed by atoms with E-state index in [0.717, 1.165) is 23.0 Å². The van der Waals surface area contributed by atoms with E-state index in [0.29, 0.717) is 33.2 Å². The number of carbonyl (C=O) groups is 1. The van der Waals surface area contributed by atoms with Crippen LogP contribution in [0.4, 0.5) is 13.2 Å². The third-order valence-electron chi connectivity index (χ3n) is 4.60. The number of nitrogens with one attached hydrogen (secondary N) is 2.